The molecule has 6 heteroatoms. The van der Waals surface area contributed by atoms with Gasteiger partial charge < -0.3 is 10.1 Å². The largest absolute Gasteiger partial charge is 0.392 e. The van der Waals surface area contributed by atoms with Crippen LogP contribution in [0.5, 0.6) is 0 Å². The van der Waals surface area contributed by atoms with E-state index in [4.69, 9.17) is 0 Å². The summed E-state index contributed by atoms with van der Waals surface area (Å²) in [7, 11) is 3.79. The summed E-state index contributed by atoms with van der Waals surface area (Å²) in [6.45, 7) is 4.37. The van der Waals surface area contributed by atoms with Crippen LogP contribution in [-0.2, 0) is 9.59 Å². The van der Waals surface area contributed by atoms with E-state index in [0.29, 0.717) is 31.1 Å². The molecule has 0 aromatic carbocycles. The van der Waals surface area contributed by atoms with Gasteiger partial charge in [-0.3, -0.25) is 14.9 Å². The summed E-state index contributed by atoms with van der Waals surface area (Å²) in [5, 5.41) is 19.5. The second-order valence-corrected chi connectivity index (χ2v) is 7.50. The molecule has 1 heterocycles. The monoisotopic (exact) mass is 323 g/mol. The zero-order chi connectivity index (χ0) is 17.1. The minimum Gasteiger partial charge on any atom is -0.392 e. The Morgan fingerprint density at radius 1 is 1.22 bits per heavy atom. The van der Waals surface area contributed by atoms with Crippen LogP contribution in [0.1, 0.15) is 46.0 Å². The molecule has 2 aliphatic rings. The van der Waals surface area contributed by atoms with Crippen LogP contribution in [-0.4, -0.2) is 47.8 Å². The number of piperidine rings is 1. The first-order chi connectivity index (χ1) is 10.8. The first kappa shape index (κ1) is 17.9. The Bertz CT molecular complexity index is 473. The maximum Gasteiger partial charge on any atom is 0.226 e. The predicted octanol–water partition coefficient (Wildman–Crippen LogP) is 1.39. The number of hydrazone groups is 1. The highest BCUT2D eigenvalue weighted by Crippen LogP contribution is 2.35. The van der Waals surface area contributed by atoms with Crippen molar-refractivity contribution < 1.29 is 14.7 Å². The van der Waals surface area contributed by atoms with E-state index in [1.807, 2.05) is 14.1 Å². The fraction of sp³-hybridized carbons (Fsp3) is 0.824. The van der Waals surface area contributed by atoms with Crippen molar-refractivity contribution in [2.75, 3.05) is 14.1 Å². The van der Waals surface area contributed by atoms with Gasteiger partial charge in [0.15, 0.2) is 0 Å². The van der Waals surface area contributed by atoms with Gasteiger partial charge in [-0.1, -0.05) is 13.8 Å². The van der Waals surface area contributed by atoms with E-state index < -0.39 is 6.10 Å². The van der Waals surface area contributed by atoms with Gasteiger partial charge >= 0.3 is 0 Å². The number of aliphatic hydroxyl groups is 1. The summed E-state index contributed by atoms with van der Waals surface area (Å²) in [5.74, 6) is 0.367. The number of nitrogens with zero attached hydrogens (tertiary/aromatic N) is 2. The summed E-state index contributed by atoms with van der Waals surface area (Å²) in [4.78, 5) is 23.0. The second kappa shape index (κ2) is 7.43. The molecular formula is C17H29N3O3. The summed E-state index contributed by atoms with van der Waals surface area (Å²) < 4.78 is 0. The lowest BCUT2D eigenvalue weighted by Crippen LogP contribution is -2.43. The van der Waals surface area contributed by atoms with Crippen LogP contribution in [0.25, 0.3) is 0 Å². The van der Waals surface area contributed by atoms with Gasteiger partial charge in [-0.05, 0) is 37.0 Å². The molecule has 0 spiro atoms. The van der Waals surface area contributed by atoms with Gasteiger partial charge in [-0.25, -0.2) is 0 Å². The molecule has 1 saturated heterocycles. The van der Waals surface area contributed by atoms with E-state index in [2.05, 4.69) is 24.3 Å². The van der Waals surface area contributed by atoms with E-state index in [1.165, 1.54) is 0 Å². The van der Waals surface area contributed by atoms with Gasteiger partial charge in [0.05, 0.1) is 6.10 Å². The molecule has 2 rings (SSSR count). The Morgan fingerprint density at radius 2 is 1.83 bits per heavy atom. The van der Waals surface area contributed by atoms with E-state index in [9.17, 15) is 14.7 Å². The van der Waals surface area contributed by atoms with Gasteiger partial charge in [-0.15, -0.1) is 0 Å². The van der Waals surface area contributed by atoms with Crippen LogP contribution < -0.4 is 5.32 Å². The Balaban J connectivity index is 2.09. The summed E-state index contributed by atoms with van der Waals surface area (Å²) in [6, 6.07) is 0. The molecule has 0 aromatic rings. The molecule has 2 fully saturated rings. The zero-order valence-electron chi connectivity index (χ0n) is 14.6. The van der Waals surface area contributed by atoms with E-state index in [0.717, 1.165) is 18.6 Å². The third kappa shape index (κ3) is 4.77. The van der Waals surface area contributed by atoms with Crippen molar-refractivity contribution in [3.05, 3.63) is 0 Å². The number of hydrogen-bond acceptors (Lipinski definition) is 5. The maximum absolute atomic E-state index is 11.5. The van der Waals surface area contributed by atoms with Gasteiger partial charge in [-0.2, -0.15) is 5.10 Å². The first-order valence-electron chi connectivity index (χ1n) is 8.52. The lowest BCUT2D eigenvalue weighted by Gasteiger charge is -2.37. The molecule has 2 amide bonds. The van der Waals surface area contributed by atoms with Crippen LogP contribution >= 0.6 is 0 Å². The fourth-order valence-corrected chi connectivity index (χ4v) is 4.02. The molecule has 1 aliphatic heterocycles. The van der Waals surface area contributed by atoms with Gasteiger partial charge in [0.2, 0.25) is 11.8 Å². The summed E-state index contributed by atoms with van der Waals surface area (Å²) >= 11 is 0. The molecule has 0 aromatic heterocycles. The van der Waals surface area contributed by atoms with Crippen molar-refractivity contribution in [1.82, 2.24) is 10.3 Å². The molecule has 4 unspecified atom stereocenters. The SMILES string of the molecule is CC1CC(C)/C(=N\N(C)C)C(C(O)CC2CC(=O)NC(=O)C2)C1. The van der Waals surface area contributed by atoms with E-state index in [-0.39, 0.29) is 23.7 Å². The fourth-order valence-electron chi connectivity index (χ4n) is 4.02. The maximum atomic E-state index is 11.5. The third-order valence-electron chi connectivity index (χ3n) is 4.88. The molecule has 130 valence electrons. The highest BCUT2D eigenvalue weighted by Gasteiger charge is 2.37. The molecule has 23 heavy (non-hydrogen) atoms. The third-order valence-corrected chi connectivity index (χ3v) is 4.88. The topological polar surface area (TPSA) is 82.0 Å². The molecule has 1 aliphatic carbocycles. The van der Waals surface area contributed by atoms with Gasteiger partial charge in [0.1, 0.15) is 0 Å². The van der Waals surface area contributed by atoms with Crippen LogP contribution in [0.4, 0.5) is 0 Å². The van der Waals surface area contributed by atoms with E-state index in [1.54, 1.807) is 5.01 Å². The highest BCUT2D eigenvalue weighted by atomic mass is 16.3. The van der Waals surface area contributed by atoms with Crippen molar-refractivity contribution in [3.8, 4) is 0 Å². The summed E-state index contributed by atoms with van der Waals surface area (Å²) in [6.07, 6.45) is 2.56. The molecule has 4 atom stereocenters. The Kier molecular flexibility index (Phi) is 5.79. The zero-order valence-corrected chi connectivity index (χ0v) is 14.6. The van der Waals surface area contributed by atoms with Crippen LogP contribution in [0, 0.1) is 23.7 Å². The highest BCUT2D eigenvalue weighted by molar-refractivity contribution is 5.97. The minimum atomic E-state index is -0.553. The smallest absolute Gasteiger partial charge is 0.226 e. The van der Waals surface area contributed by atoms with Crippen molar-refractivity contribution in [2.24, 2.45) is 28.8 Å². The Hall–Kier alpha value is -1.43. The van der Waals surface area contributed by atoms with E-state index >= 15 is 0 Å². The predicted molar refractivity (Wildman–Crippen MR) is 88.7 cm³/mol. The number of imide groups is 1. The Labute approximate surface area is 138 Å². The number of carbonyl (C=O) groups is 2. The van der Waals surface area contributed by atoms with Gasteiger partial charge in [0.25, 0.3) is 0 Å². The van der Waals surface area contributed by atoms with Crippen LogP contribution in [0.2, 0.25) is 0 Å². The van der Waals surface area contributed by atoms with Crippen molar-refractivity contribution >= 4 is 17.5 Å². The van der Waals surface area contributed by atoms with Crippen LogP contribution in [0.15, 0.2) is 5.10 Å². The van der Waals surface area contributed by atoms with Crippen LogP contribution in [0.3, 0.4) is 0 Å². The number of hydrogen-bond donors (Lipinski definition) is 2. The van der Waals surface area contributed by atoms with Gasteiger partial charge in [0, 0.05) is 38.6 Å². The average Bonchev–Trinajstić information content (AvgIpc) is 2.39. The lowest BCUT2D eigenvalue weighted by atomic mass is 9.71. The molecule has 0 bridgehead atoms. The van der Waals surface area contributed by atoms with Crippen molar-refractivity contribution in [1.29, 1.82) is 0 Å². The number of amides is 2. The molecule has 2 N–H and O–H groups in total. The quantitative estimate of drug-likeness (QED) is 0.605. The average molecular weight is 323 g/mol. The standard InChI is InChI=1S/C17H29N3O3/c1-10-5-11(2)17(19-20(3)4)13(6-10)14(21)7-12-8-15(22)18-16(23)9-12/h10-14,21H,5-9H2,1-4H3,(H,18,22,23)/b19-17+. The minimum absolute atomic E-state index is 0.0104. The summed E-state index contributed by atoms with van der Waals surface area (Å²) in [5.41, 5.74) is 1.05. The number of carbonyl (C=O) groups excluding carboxylic acids is 2. The number of aliphatic hydroxyl groups excluding tert-OH is 1. The number of nitrogens with one attached hydrogen (secondary N) is 1. The molecule has 6 nitrogen and oxygen atoms in total. The molecular weight excluding hydrogens is 294 g/mol. The normalized spacial score (nSPS) is 32.7. The van der Waals surface area contributed by atoms with Crippen molar-refractivity contribution in [2.45, 2.75) is 52.1 Å². The first-order valence-corrected chi connectivity index (χ1v) is 8.52. The Morgan fingerprint density at radius 3 is 2.39 bits per heavy atom. The van der Waals surface area contributed by atoms with Crippen molar-refractivity contribution in [3.63, 3.8) is 0 Å². The molecule has 0 radical (unpaired) electrons. The number of rotatable bonds is 4. The molecule has 1 saturated carbocycles. The lowest BCUT2D eigenvalue weighted by molar-refractivity contribution is -0.135. The second-order valence-electron chi connectivity index (χ2n) is 7.50.